The van der Waals surface area contributed by atoms with E-state index in [-0.39, 0.29) is 5.91 Å². The average molecular weight is 543 g/mol. The van der Waals surface area contributed by atoms with E-state index in [4.69, 9.17) is 20.2 Å². The summed E-state index contributed by atoms with van der Waals surface area (Å²) >= 11 is 3.56. The fourth-order valence-corrected chi connectivity index (χ4v) is 4.83. The topological polar surface area (TPSA) is 102 Å². The number of nitrogens with two attached hydrogens (primary N) is 1. The third-order valence-electron chi connectivity index (χ3n) is 6.35. The standard InChI is InChI=1S/C28H23BrN4O3/c29-18-5-6-23-19(9-18)22(15-31-23)24-10-21(28(34)32-14-17-3-1-16(13-30)2-4-17)20-11-26-27(12-25(20)33-24)36-8-7-35-26/h1-6,9-12,15,31H,7-8,13-14,30H2,(H,32,34). The molecule has 6 rings (SSSR count). The Morgan fingerprint density at radius 1 is 0.972 bits per heavy atom. The lowest BCUT2D eigenvalue weighted by Crippen LogP contribution is -2.23. The second-order valence-electron chi connectivity index (χ2n) is 8.66. The number of rotatable bonds is 5. The lowest BCUT2D eigenvalue weighted by atomic mass is 10.0. The number of aromatic amines is 1. The van der Waals surface area contributed by atoms with E-state index in [2.05, 4.69) is 26.2 Å². The number of hydrogen-bond acceptors (Lipinski definition) is 5. The Kier molecular flexibility index (Phi) is 5.83. The summed E-state index contributed by atoms with van der Waals surface area (Å²) in [4.78, 5) is 21.7. The molecule has 8 heteroatoms. The molecule has 0 spiro atoms. The predicted octanol–water partition coefficient (Wildman–Crippen LogP) is 5.31. The molecule has 2 aromatic heterocycles. The maximum Gasteiger partial charge on any atom is 0.252 e. The molecule has 180 valence electrons. The van der Waals surface area contributed by atoms with Crippen LogP contribution in [0.1, 0.15) is 21.5 Å². The van der Waals surface area contributed by atoms with Crippen molar-refractivity contribution in [3.8, 4) is 22.8 Å². The molecule has 5 aromatic rings. The number of amides is 1. The smallest absolute Gasteiger partial charge is 0.252 e. The molecule has 36 heavy (non-hydrogen) atoms. The van der Waals surface area contributed by atoms with Gasteiger partial charge in [0.2, 0.25) is 0 Å². The normalized spacial score (nSPS) is 12.7. The Labute approximate surface area is 215 Å². The van der Waals surface area contributed by atoms with Gasteiger partial charge in [-0.15, -0.1) is 0 Å². The van der Waals surface area contributed by atoms with Crippen LogP contribution < -0.4 is 20.5 Å². The molecule has 1 amide bonds. The van der Waals surface area contributed by atoms with Gasteiger partial charge in [-0.2, -0.15) is 0 Å². The lowest BCUT2D eigenvalue weighted by Gasteiger charge is -2.19. The number of fused-ring (bicyclic) bond motifs is 3. The molecule has 3 heterocycles. The summed E-state index contributed by atoms with van der Waals surface area (Å²) in [6.07, 6.45) is 1.92. The van der Waals surface area contributed by atoms with Crippen molar-refractivity contribution in [2.75, 3.05) is 13.2 Å². The SMILES string of the molecule is NCc1ccc(CNC(=O)c2cc(-c3c[nH]c4ccc(Br)cc34)nc3cc4c(cc23)OCCO4)cc1. The van der Waals surface area contributed by atoms with Crippen molar-refractivity contribution in [2.24, 2.45) is 5.73 Å². The van der Waals surface area contributed by atoms with Gasteiger partial charge in [-0.05, 0) is 41.5 Å². The van der Waals surface area contributed by atoms with E-state index in [9.17, 15) is 4.79 Å². The zero-order valence-corrected chi connectivity index (χ0v) is 20.9. The number of pyridine rings is 1. The van der Waals surface area contributed by atoms with Gasteiger partial charge in [0.15, 0.2) is 11.5 Å². The van der Waals surface area contributed by atoms with Gasteiger partial charge in [-0.25, -0.2) is 4.98 Å². The second kappa shape index (κ2) is 9.29. The van der Waals surface area contributed by atoms with Crippen LogP contribution in [0.4, 0.5) is 0 Å². The van der Waals surface area contributed by atoms with Crippen LogP contribution in [-0.2, 0) is 13.1 Å². The fraction of sp³-hybridized carbons (Fsp3) is 0.143. The first kappa shape index (κ1) is 22.6. The molecule has 1 aliphatic heterocycles. The first-order valence-corrected chi connectivity index (χ1v) is 12.5. The number of halogens is 1. The summed E-state index contributed by atoms with van der Waals surface area (Å²) in [7, 11) is 0. The Morgan fingerprint density at radius 2 is 1.72 bits per heavy atom. The molecule has 0 radical (unpaired) electrons. The number of carbonyl (C=O) groups is 1. The molecular formula is C28H23BrN4O3. The lowest BCUT2D eigenvalue weighted by molar-refractivity contribution is 0.0952. The third kappa shape index (κ3) is 4.19. The van der Waals surface area contributed by atoms with Gasteiger partial charge in [-0.1, -0.05) is 40.2 Å². The number of nitrogens with zero attached hydrogens (tertiary/aromatic N) is 1. The summed E-state index contributed by atoms with van der Waals surface area (Å²) in [5.41, 5.74) is 11.5. The van der Waals surface area contributed by atoms with Crippen LogP contribution in [0.15, 0.2) is 71.3 Å². The minimum atomic E-state index is -0.191. The minimum absolute atomic E-state index is 0.191. The van der Waals surface area contributed by atoms with Crippen molar-refractivity contribution < 1.29 is 14.3 Å². The number of hydrogen-bond donors (Lipinski definition) is 3. The van der Waals surface area contributed by atoms with Crippen LogP contribution in [0.3, 0.4) is 0 Å². The van der Waals surface area contributed by atoms with Gasteiger partial charge in [0.1, 0.15) is 13.2 Å². The minimum Gasteiger partial charge on any atom is -0.486 e. The molecule has 0 saturated heterocycles. The Bertz CT molecular complexity index is 1610. The van der Waals surface area contributed by atoms with E-state index in [1.54, 1.807) is 0 Å². The van der Waals surface area contributed by atoms with E-state index in [1.165, 1.54) is 0 Å². The highest BCUT2D eigenvalue weighted by atomic mass is 79.9. The maximum absolute atomic E-state index is 13.5. The van der Waals surface area contributed by atoms with Gasteiger partial charge >= 0.3 is 0 Å². The van der Waals surface area contributed by atoms with Gasteiger partial charge in [-0.3, -0.25) is 4.79 Å². The van der Waals surface area contributed by atoms with E-state index >= 15 is 0 Å². The maximum atomic E-state index is 13.5. The highest BCUT2D eigenvalue weighted by molar-refractivity contribution is 9.10. The number of H-pyrrole nitrogens is 1. The Balaban J connectivity index is 1.44. The quantitative estimate of drug-likeness (QED) is 0.279. The third-order valence-corrected chi connectivity index (χ3v) is 6.84. The molecule has 0 aliphatic carbocycles. The van der Waals surface area contributed by atoms with Crippen molar-refractivity contribution >= 4 is 43.6 Å². The monoisotopic (exact) mass is 542 g/mol. The summed E-state index contributed by atoms with van der Waals surface area (Å²) in [6.45, 7) is 1.83. The van der Waals surface area contributed by atoms with Gasteiger partial charge < -0.3 is 25.5 Å². The number of benzene rings is 3. The predicted molar refractivity (Wildman–Crippen MR) is 143 cm³/mol. The number of carbonyl (C=O) groups excluding carboxylic acids is 1. The van der Waals surface area contributed by atoms with E-state index in [0.29, 0.717) is 60.0 Å². The first-order valence-electron chi connectivity index (χ1n) is 11.7. The zero-order valence-electron chi connectivity index (χ0n) is 19.3. The number of aromatic nitrogens is 2. The molecule has 7 nitrogen and oxygen atoms in total. The summed E-state index contributed by atoms with van der Waals surface area (Å²) in [6, 6.07) is 19.5. The summed E-state index contributed by atoms with van der Waals surface area (Å²) in [5, 5.41) is 4.78. The van der Waals surface area contributed by atoms with Crippen molar-refractivity contribution in [3.63, 3.8) is 0 Å². The molecule has 1 aliphatic rings. The Morgan fingerprint density at radius 3 is 2.50 bits per heavy atom. The van der Waals surface area contributed by atoms with Crippen molar-refractivity contribution in [1.29, 1.82) is 0 Å². The second-order valence-corrected chi connectivity index (χ2v) is 9.58. The largest absolute Gasteiger partial charge is 0.486 e. The summed E-state index contributed by atoms with van der Waals surface area (Å²) < 4.78 is 12.5. The molecule has 0 unspecified atom stereocenters. The molecule has 0 fully saturated rings. The fourth-order valence-electron chi connectivity index (χ4n) is 4.46. The molecule has 3 aromatic carbocycles. The average Bonchev–Trinajstić information content (AvgIpc) is 3.33. The molecule has 0 atom stereocenters. The summed E-state index contributed by atoms with van der Waals surface area (Å²) in [5.74, 6) is 1.06. The van der Waals surface area contributed by atoms with Crippen LogP contribution in [0.2, 0.25) is 0 Å². The van der Waals surface area contributed by atoms with Crippen molar-refractivity contribution in [1.82, 2.24) is 15.3 Å². The van der Waals surface area contributed by atoms with Crippen LogP contribution >= 0.6 is 15.9 Å². The number of nitrogens with one attached hydrogen (secondary N) is 2. The van der Waals surface area contributed by atoms with Crippen molar-refractivity contribution in [2.45, 2.75) is 13.1 Å². The van der Waals surface area contributed by atoms with Crippen LogP contribution in [0.5, 0.6) is 11.5 Å². The van der Waals surface area contributed by atoms with Gasteiger partial charge in [0.25, 0.3) is 5.91 Å². The number of ether oxygens (including phenoxy) is 2. The van der Waals surface area contributed by atoms with Gasteiger partial charge in [0, 0.05) is 51.7 Å². The van der Waals surface area contributed by atoms with Crippen LogP contribution in [0.25, 0.3) is 33.1 Å². The first-order chi connectivity index (χ1) is 17.6. The van der Waals surface area contributed by atoms with Crippen molar-refractivity contribution in [3.05, 3.63) is 88.0 Å². The molecule has 0 saturated carbocycles. The molecular weight excluding hydrogens is 520 g/mol. The highest BCUT2D eigenvalue weighted by Crippen LogP contribution is 2.38. The molecule has 4 N–H and O–H groups in total. The van der Waals surface area contributed by atoms with Gasteiger partial charge in [0.05, 0.1) is 16.8 Å². The molecule has 0 bridgehead atoms. The zero-order chi connectivity index (χ0) is 24.6. The van der Waals surface area contributed by atoms with Crippen LogP contribution in [-0.4, -0.2) is 29.1 Å². The Hall–Kier alpha value is -3.88. The van der Waals surface area contributed by atoms with E-state index in [0.717, 1.165) is 32.1 Å². The van der Waals surface area contributed by atoms with Crippen LogP contribution in [0, 0.1) is 0 Å². The van der Waals surface area contributed by atoms with E-state index < -0.39 is 0 Å². The highest BCUT2D eigenvalue weighted by Gasteiger charge is 2.20. The van der Waals surface area contributed by atoms with E-state index in [1.807, 2.05) is 66.9 Å².